The number of hydrogen-bond donors (Lipinski definition) is 2. The first-order valence-corrected chi connectivity index (χ1v) is 7.61. The van der Waals surface area contributed by atoms with Gasteiger partial charge >= 0.3 is 5.97 Å². The van der Waals surface area contributed by atoms with Crippen LogP contribution in [0.5, 0.6) is 0 Å². The fraction of sp³-hybridized carbons (Fsp3) is 0.900. The van der Waals surface area contributed by atoms with Gasteiger partial charge in [-0.2, -0.15) is 0 Å². The van der Waals surface area contributed by atoms with E-state index in [1.54, 1.807) is 0 Å². The Hall–Kier alpha value is -0.660. The molecule has 0 aromatic carbocycles. The first-order valence-electron chi connectivity index (χ1n) is 5.79. The van der Waals surface area contributed by atoms with Crippen molar-refractivity contribution in [1.82, 2.24) is 4.90 Å². The molecular formula is C10H18N2O4S. The van der Waals surface area contributed by atoms with Crippen LogP contribution < -0.4 is 5.73 Å². The van der Waals surface area contributed by atoms with Gasteiger partial charge in [0.1, 0.15) is 5.54 Å². The van der Waals surface area contributed by atoms with Crippen LogP contribution in [0.4, 0.5) is 0 Å². The average molecular weight is 262 g/mol. The average Bonchev–Trinajstić information content (AvgIpc) is 2.62. The summed E-state index contributed by atoms with van der Waals surface area (Å²) in [7, 11) is -2.88. The smallest absolute Gasteiger partial charge is 0.323 e. The van der Waals surface area contributed by atoms with Gasteiger partial charge in [0.15, 0.2) is 9.84 Å². The van der Waals surface area contributed by atoms with E-state index in [0.717, 1.165) is 6.42 Å². The minimum absolute atomic E-state index is 0.117. The molecule has 0 amide bonds. The highest BCUT2D eigenvalue weighted by Gasteiger charge is 2.44. The minimum Gasteiger partial charge on any atom is -0.480 e. The fourth-order valence-electron chi connectivity index (χ4n) is 2.65. The van der Waals surface area contributed by atoms with Crippen molar-refractivity contribution in [2.24, 2.45) is 5.73 Å². The molecule has 1 heterocycles. The number of hydrogen-bond acceptors (Lipinski definition) is 5. The van der Waals surface area contributed by atoms with E-state index in [-0.39, 0.29) is 17.5 Å². The topological polar surface area (TPSA) is 101 Å². The molecule has 1 saturated heterocycles. The highest BCUT2D eigenvalue weighted by Crippen LogP contribution is 2.32. The Labute approximate surface area is 101 Å². The second-order valence-corrected chi connectivity index (χ2v) is 7.35. The van der Waals surface area contributed by atoms with Crippen LogP contribution in [-0.4, -0.2) is 60.6 Å². The quantitative estimate of drug-likeness (QED) is 0.665. The van der Waals surface area contributed by atoms with Gasteiger partial charge < -0.3 is 10.8 Å². The predicted octanol–water partition coefficient (Wildman–Crippen LogP) is -0.949. The Kier molecular flexibility index (Phi) is 3.17. The van der Waals surface area contributed by atoms with Gasteiger partial charge in [-0.15, -0.1) is 0 Å². The van der Waals surface area contributed by atoms with Crippen molar-refractivity contribution in [3.8, 4) is 0 Å². The Morgan fingerprint density at radius 3 is 2.41 bits per heavy atom. The SMILES string of the molecule is NC1(C(=O)O)CCC(N2CCS(=O)(=O)CC2)C1. The number of aliphatic carboxylic acids is 1. The number of carboxylic acids is 1. The van der Waals surface area contributed by atoms with Crippen molar-refractivity contribution in [2.75, 3.05) is 24.6 Å². The van der Waals surface area contributed by atoms with Crippen LogP contribution >= 0.6 is 0 Å². The number of rotatable bonds is 2. The van der Waals surface area contributed by atoms with Gasteiger partial charge in [0.2, 0.25) is 0 Å². The third-order valence-electron chi connectivity index (χ3n) is 3.84. The fourth-order valence-corrected chi connectivity index (χ4v) is 3.88. The monoisotopic (exact) mass is 262 g/mol. The third-order valence-corrected chi connectivity index (χ3v) is 5.45. The molecule has 0 spiro atoms. The normalized spacial score (nSPS) is 38.1. The molecule has 7 heteroatoms. The van der Waals surface area contributed by atoms with Crippen LogP contribution in [0.1, 0.15) is 19.3 Å². The summed E-state index contributed by atoms with van der Waals surface area (Å²) >= 11 is 0. The number of carboxylic acid groups (broad SMARTS) is 1. The Morgan fingerprint density at radius 1 is 1.35 bits per heavy atom. The molecule has 2 fully saturated rings. The van der Waals surface area contributed by atoms with Gasteiger partial charge in [-0.05, 0) is 19.3 Å². The lowest BCUT2D eigenvalue weighted by atomic mass is 9.99. The molecule has 2 aliphatic rings. The van der Waals surface area contributed by atoms with Gasteiger partial charge in [-0.25, -0.2) is 8.42 Å². The molecule has 1 aliphatic heterocycles. The van der Waals surface area contributed by atoms with E-state index >= 15 is 0 Å². The molecule has 0 aromatic rings. The largest absolute Gasteiger partial charge is 0.480 e. The second-order valence-electron chi connectivity index (χ2n) is 5.05. The van der Waals surface area contributed by atoms with Crippen LogP contribution in [0, 0.1) is 0 Å². The third kappa shape index (κ3) is 2.61. The van der Waals surface area contributed by atoms with E-state index < -0.39 is 21.3 Å². The van der Waals surface area contributed by atoms with E-state index in [1.807, 2.05) is 0 Å². The Morgan fingerprint density at radius 2 is 1.94 bits per heavy atom. The molecule has 17 heavy (non-hydrogen) atoms. The molecule has 2 rings (SSSR count). The summed E-state index contributed by atoms with van der Waals surface area (Å²) in [4.78, 5) is 13.1. The molecular weight excluding hydrogens is 244 g/mol. The summed E-state index contributed by atoms with van der Waals surface area (Å²) in [6.07, 6.45) is 1.63. The van der Waals surface area contributed by atoms with E-state index in [0.29, 0.717) is 25.9 Å². The van der Waals surface area contributed by atoms with E-state index in [4.69, 9.17) is 10.8 Å². The lowest BCUT2D eigenvalue weighted by Crippen LogP contribution is -2.49. The van der Waals surface area contributed by atoms with E-state index in [2.05, 4.69) is 4.90 Å². The van der Waals surface area contributed by atoms with Gasteiger partial charge in [-0.3, -0.25) is 9.69 Å². The predicted molar refractivity (Wildman–Crippen MR) is 62.4 cm³/mol. The van der Waals surface area contributed by atoms with Crippen molar-refractivity contribution >= 4 is 15.8 Å². The first kappa shape index (κ1) is 12.8. The molecule has 2 unspecified atom stereocenters. The summed E-state index contributed by atoms with van der Waals surface area (Å²) in [5.41, 5.74) is 4.68. The Balaban J connectivity index is 1.96. The minimum atomic E-state index is -2.88. The van der Waals surface area contributed by atoms with Crippen LogP contribution in [0.25, 0.3) is 0 Å². The van der Waals surface area contributed by atoms with Gasteiger partial charge in [0.05, 0.1) is 11.5 Å². The van der Waals surface area contributed by atoms with Crippen LogP contribution in [0.15, 0.2) is 0 Å². The van der Waals surface area contributed by atoms with Crippen molar-refractivity contribution in [2.45, 2.75) is 30.8 Å². The standard InChI is InChI=1S/C10H18N2O4S/c11-10(9(13)14)2-1-8(7-10)12-3-5-17(15,16)6-4-12/h8H,1-7,11H2,(H,13,14). The van der Waals surface area contributed by atoms with Gasteiger partial charge in [0, 0.05) is 19.1 Å². The maximum atomic E-state index is 11.3. The highest BCUT2D eigenvalue weighted by atomic mass is 32.2. The van der Waals surface area contributed by atoms with Crippen LogP contribution in [-0.2, 0) is 14.6 Å². The molecule has 3 N–H and O–H groups in total. The summed E-state index contributed by atoms with van der Waals surface area (Å²) in [6, 6.07) is 0.117. The molecule has 0 aromatic heterocycles. The van der Waals surface area contributed by atoms with Crippen molar-refractivity contribution in [1.29, 1.82) is 0 Å². The van der Waals surface area contributed by atoms with Gasteiger partial charge in [0.25, 0.3) is 0 Å². The summed E-state index contributed by atoms with van der Waals surface area (Å²) in [6.45, 7) is 1.01. The molecule has 0 bridgehead atoms. The molecule has 1 aliphatic carbocycles. The second kappa shape index (κ2) is 4.22. The molecule has 6 nitrogen and oxygen atoms in total. The van der Waals surface area contributed by atoms with Crippen molar-refractivity contribution in [3.63, 3.8) is 0 Å². The zero-order valence-electron chi connectivity index (χ0n) is 9.63. The first-order chi connectivity index (χ1) is 7.82. The van der Waals surface area contributed by atoms with E-state index in [1.165, 1.54) is 0 Å². The van der Waals surface area contributed by atoms with Crippen molar-refractivity contribution < 1.29 is 18.3 Å². The highest BCUT2D eigenvalue weighted by molar-refractivity contribution is 7.91. The number of carbonyl (C=O) groups is 1. The lowest BCUT2D eigenvalue weighted by Gasteiger charge is -2.32. The molecule has 0 radical (unpaired) electrons. The van der Waals surface area contributed by atoms with E-state index in [9.17, 15) is 13.2 Å². The number of nitrogens with two attached hydrogens (primary N) is 1. The Bertz CT molecular complexity index is 408. The van der Waals surface area contributed by atoms with Crippen LogP contribution in [0.3, 0.4) is 0 Å². The van der Waals surface area contributed by atoms with Crippen molar-refractivity contribution in [3.05, 3.63) is 0 Å². The summed E-state index contributed by atoms with van der Waals surface area (Å²) in [5, 5.41) is 9.03. The van der Waals surface area contributed by atoms with Crippen LogP contribution in [0.2, 0.25) is 0 Å². The molecule has 1 saturated carbocycles. The number of sulfone groups is 1. The zero-order valence-corrected chi connectivity index (χ0v) is 10.4. The maximum Gasteiger partial charge on any atom is 0.323 e. The zero-order chi connectivity index (χ0) is 12.7. The summed E-state index contributed by atoms with van der Waals surface area (Å²) < 4.78 is 22.6. The van der Waals surface area contributed by atoms with Gasteiger partial charge in [-0.1, -0.05) is 0 Å². The molecule has 2 atom stereocenters. The summed E-state index contributed by atoms with van der Waals surface area (Å²) in [5.74, 6) is -0.605. The maximum absolute atomic E-state index is 11.3. The lowest BCUT2D eigenvalue weighted by molar-refractivity contribution is -0.143. The molecule has 98 valence electrons. The number of nitrogens with zero attached hydrogens (tertiary/aromatic N) is 1.